The van der Waals surface area contributed by atoms with Crippen molar-refractivity contribution in [3.05, 3.63) is 35.6 Å². The number of rotatable bonds is 4. The van der Waals surface area contributed by atoms with Crippen molar-refractivity contribution in [3.63, 3.8) is 0 Å². The minimum atomic E-state index is -4.44. The van der Waals surface area contributed by atoms with Crippen LogP contribution in [0.25, 0.3) is 0 Å². The molecule has 1 rings (SSSR count). The van der Waals surface area contributed by atoms with E-state index < -0.39 is 24.2 Å². The zero-order valence-electron chi connectivity index (χ0n) is 8.97. The summed E-state index contributed by atoms with van der Waals surface area (Å²) in [5.41, 5.74) is 0.151. The maximum atomic E-state index is 13.4. The smallest absolute Gasteiger partial charge is 0.360 e. The molecule has 0 spiro atoms. The van der Waals surface area contributed by atoms with Crippen molar-refractivity contribution in [2.75, 3.05) is 4.43 Å². The van der Waals surface area contributed by atoms with Crippen LogP contribution in [0.5, 0.6) is 0 Å². The average molecular weight is 362 g/mol. The Hall–Kier alpha value is -0.370. The van der Waals surface area contributed by atoms with Crippen molar-refractivity contribution >= 4 is 22.6 Å². The van der Waals surface area contributed by atoms with Gasteiger partial charge in [0, 0.05) is 9.99 Å². The second-order valence-electron chi connectivity index (χ2n) is 3.48. The first-order chi connectivity index (χ1) is 7.86. The zero-order valence-corrected chi connectivity index (χ0v) is 11.1. The van der Waals surface area contributed by atoms with Gasteiger partial charge in [0.2, 0.25) is 0 Å². The monoisotopic (exact) mass is 362 g/mol. The summed E-state index contributed by atoms with van der Waals surface area (Å²) in [7, 11) is 0. The van der Waals surface area contributed by atoms with Gasteiger partial charge in [-0.25, -0.2) is 4.39 Å². The lowest BCUT2D eigenvalue weighted by Gasteiger charge is -2.23. The van der Waals surface area contributed by atoms with Crippen LogP contribution in [0.3, 0.4) is 0 Å². The highest BCUT2D eigenvalue weighted by Crippen LogP contribution is 2.30. The van der Waals surface area contributed by atoms with E-state index in [9.17, 15) is 17.6 Å². The molecule has 0 aliphatic carbocycles. The Morgan fingerprint density at radius 2 is 1.88 bits per heavy atom. The molecule has 96 valence electrons. The molecule has 0 saturated carbocycles. The number of hydrogen-bond acceptors (Lipinski definition) is 1. The van der Waals surface area contributed by atoms with E-state index in [-0.39, 0.29) is 9.99 Å². The molecule has 1 aromatic rings. The van der Waals surface area contributed by atoms with Gasteiger partial charge >= 0.3 is 6.18 Å². The molecule has 17 heavy (non-hydrogen) atoms. The van der Waals surface area contributed by atoms with E-state index in [4.69, 9.17) is 4.74 Å². The second kappa shape index (κ2) is 5.99. The fourth-order valence-electron chi connectivity index (χ4n) is 1.25. The lowest BCUT2D eigenvalue weighted by Crippen LogP contribution is -2.30. The number of alkyl halides is 4. The first-order valence-corrected chi connectivity index (χ1v) is 6.41. The molecule has 0 radical (unpaired) electrons. The van der Waals surface area contributed by atoms with Crippen molar-refractivity contribution in [1.29, 1.82) is 0 Å². The predicted octanol–water partition coefficient (Wildman–Crippen LogP) is 4.27. The van der Waals surface area contributed by atoms with Crippen LogP contribution in [-0.2, 0) is 4.74 Å². The van der Waals surface area contributed by atoms with Crippen molar-refractivity contribution in [2.24, 2.45) is 0 Å². The van der Waals surface area contributed by atoms with Crippen LogP contribution in [0.4, 0.5) is 17.6 Å². The predicted molar refractivity (Wildman–Crippen MR) is 64.6 cm³/mol. The van der Waals surface area contributed by atoms with Gasteiger partial charge < -0.3 is 4.74 Å². The highest BCUT2D eigenvalue weighted by Gasteiger charge is 2.38. The molecule has 0 aliphatic rings. The van der Waals surface area contributed by atoms with E-state index in [1.165, 1.54) is 18.2 Å². The quantitative estimate of drug-likeness (QED) is 0.442. The SMILES string of the molecule is CC(OC(CI)c1ccccc1F)C(F)(F)F. The van der Waals surface area contributed by atoms with Crippen LogP contribution >= 0.6 is 22.6 Å². The van der Waals surface area contributed by atoms with E-state index in [0.29, 0.717) is 0 Å². The van der Waals surface area contributed by atoms with E-state index >= 15 is 0 Å². The molecule has 0 heterocycles. The average Bonchev–Trinajstić information content (AvgIpc) is 2.25. The molecule has 0 N–H and O–H groups in total. The van der Waals surface area contributed by atoms with Crippen LogP contribution in [0.1, 0.15) is 18.6 Å². The Morgan fingerprint density at radius 1 is 1.29 bits per heavy atom. The standard InChI is InChI=1S/C11H11F4IO/c1-7(11(13,14)15)17-10(6-16)8-4-2-3-5-9(8)12/h2-5,7,10H,6H2,1H3. The number of benzene rings is 1. The normalized spacial score (nSPS) is 15.6. The van der Waals surface area contributed by atoms with E-state index in [1.54, 1.807) is 6.07 Å². The molecule has 2 unspecified atom stereocenters. The third kappa shape index (κ3) is 4.09. The van der Waals surface area contributed by atoms with Crippen molar-refractivity contribution in [1.82, 2.24) is 0 Å². The third-order valence-corrected chi connectivity index (χ3v) is 3.02. The summed E-state index contributed by atoms with van der Waals surface area (Å²) < 4.78 is 55.5. The van der Waals surface area contributed by atoms with Gasteiger partial charge in [0.1, 0.15) is 5.82 Å². The molecular formula is C11H11F4IO. The highest BCUT2D eigenvalue weighted by molar-refractivity contribution is 14.1. The van der Waals surface area contributed by atoms with Crippen molar-refractivity contribution in [3.8, 4) is 0 Å². The highest BCUT2D eigenvalue weighted by atomic mass is 127. The topological polar surface area (TPSA) is 9.23 Å². The van der Waals surface area contributed by atoms with E-state index in [1.807, 2.05) is 22.6 Å². The Kier molecular flexibility index (Phi) is 5.18. The zero-order chi connectivity index (χ0) is 13.1. The van der Waals surface area contributed by atoms with E-state index in [0.717, 1.165) is 6.92 Å². The minimum Gasteiger partial charge on any atom is -0.360 e. The molecule has 1 aromatic carbocycles. The maximum absolute atomic E-state index is 13.4. The molecule has 0 fully saturated rings. The maximum Gasteiger partial charge on any atom is 0.414 e. The van der Waals surface area contributed by atoms with Crippen molar-refractivity contribution in [2.45, 2.75) is 25.3 Å². The Balaban J connectivity index is 2.83. The molecular weight excluding hydrogens is 351 g/mol. The van der Waals surface area contributed by atoms with Gasteiger partial charge in [0.15, 0.2) is 6.10 Å². The van der Waals surface area contributed by atoms with Gasteiger partial charge in [0.05, 0.1) is 6.10 Å². The summed E-state index contributed by atoms with van der Waals surface area (Å²) in [4.78, 5) is 0. The molecule has 6 heteroatoms. The second-order valence-corrected chi connectivity index (χ2v) is 4.37. The fourth-order valence-corrected chi connectivity index (χ4v) is 1.93. The van der Waals surface area contributed by atoms with Gasteiger partial charge in [-0.15, -0.1) is 0 Å². The lowest BCUT2D eigenvalue weighted by atomic mass is 10.1. The van der Waals surface area contributed by atoms with Crippen LogP contribution in [-0.4, -0.2) is 16.7 Å². The van der Waals surface area contributed by atoms with Crippen LogP contribution in [0, 0.1) is 5.82 Å². The van der Waals surface area contributed by atoms with Gasteiger partial charge in [-0.2, -0.15) is 13.2 Å². The first kappa shape index (κ1) is 14.7. The number of hydrogen-bond donors (Lipinski definition) is 0. The van der Waals surface area contributed by atoms with Crippen LogP contribution in [0.15, 0.2) is 24.3 Å². The van der Waals surface area contributed by atoms with Gasteiger partial charge in [-0.1, -0.05) is 40.8 Å². The number of ether oxygens (including phenoxy) is 1. The van der Waals surface area contributed by atoms with Crippen LogP contribution < -0.4 is 0 Å². The molecule has 1 nitrogen and oxygen atoms in total. The fraction of sp³-hybridized carbons (Fsp3) is 0.455. The summed E-state index contributed by atoms with van der Waals surface area (Å²) >= 11 is 1.87. The minimum absolute atomic E-state index is 0.151. The molecule has 0 aliphatic heterocycles. The number of halogens is 5. The molecule has 0 aromatic heterocycles. The summed E-state index contributed by atoms with van der Waals surface area (Å²) in [6.07, 6.45) is -7.25. The largest absolute Gasteiger partial charge is 0.414 e. The molecule has 2 atom stereocenters. The third-order valence-electron chi connectivity index (χ3n) is 2.22. The summed E-state index contributed by atoms with van der Waals surface area (Å²) in [5.74, 6) is -0.552. The summed E-state index contributed by atoms with van der Waals surface area (Å²) in [6, 6.07) is 5.69. The lowest BCUT2D eigenvalue weighted by molar-refractivity contribution is -0.225. The van der Waals surface area contributed by atoms with Crippen LogP contribution in [0.2, 0.25) is 0 Å². The Morgan fingerprint density at radius 3 is 2.35 bits per heavy atom. The van der Waals surface area contributed by atoms with Crippen molar-refractivity contribution < 1.29 is 22.3 Å². The molecule has 0 bridgehead atoms. The van der Waals surface area contributed by atoms with Gasteiger partial charge in [-0.3, -0.25) is 0 Å². The Bertz CT molecular complexity index is 367. The van der Waals surface area contributed by atoms with Gasteiger partial charge in [-0.05, 0) is 13.0 Å². The summed E-state index contributed by atoms with van der Waals surface area (Å²) in [5, 5.41) is 0. The first-order valence-electron chi connectivity index (χ1n) is 4.88. The summed E-state index contributed by atoms with van der Waals surface area (Å²) in [6.45, 7) is 0.917. The van der Waals surface area contributed by atoms with Gasteiger partial charge in [0.25, 0.3) is 0 Å². The molecule has 0 amide bonds. The Labute approximate surface area is 110 Å². The van der Waals surface area contributed by atoms with E-state index in [2.05, 4.69) is 0 Å². The molecule has 0 saturated heterocycles.